The molecule has 4 aliphatic rings. The van der Waals surface area contributed by atoms with Gasteiger partial charge in [-0.05, 0) is 13.8 Å². The zero-order chi connectivity index (χ0) is 35.1. The van der Waals surface area contributed by atoms with Crippen LogP contribution in [0.1, 0.15) is 13.8 Å². The molecule has 0 aromatic rings. The van der Waals surface area contributed by atoms with Crippen molar-refractivity contribution in [3.63, 3.8) is 0 Å². The predicted octanol–water partition coefficient (Wildman–Crippen LogP) is -0.528. The van der Waals surface area contributed by atoms with E-state index in [1.165, 1.54) is 28.4 Å². The Morgan fingerprint density at radius 3 is 1.29 bits per heavy atom. The Kier molecular flexibility index (Phi) is 15.6. The predicted molar refractivity (Wildman–Crippen MR) is 162 cm³/mol. The molecule has 4 heterocycles. The molecule has 0 radical (unpaired) electrons. The quantitative estimate of drug-likeness (QED) is 0.231. The van der Waals surface area contributed by atoms with Crippen molar-refractivity contribution in [2.24, 2.45) is 0 Å². The Hall–Kier alpha value is -0.680. The standard InChI is InChI=1S/C31H56O17/c1-14-18(35-5)22(37-7)26(40-10)30(44-14)47-21-17(34-4)12-42-28(32)24(21)48-31-27(41-11)23(38-8)19(15(2)45-31)46-29-25(39-9)20(36-6)16(33-3)13-43-29/h14-32H,12-13H2,1-11H3/t14-,15-,16+,17+,18-,19-,20-,21-,22+,23+,24+,25+,26+,27+,28+,29-,30-,31-/m0/s1. The first-order chi connectivity index (χ1) is 23.2. The first-order valence-electron chi connectivity index (χ1n) is 16.1. The zero-order valence-corrected chi connectivity index (χ0v) is 29.8. The zero-order valence-electron chi connectivity index (χ0n) is 29.8. The molecule has 17 nitrogen and oxygen atoms in total. The largest absolute Gasteiger partial charge is 0.376 e. The van der Waals surface area contributed by atoms with Crippen LogP contribution in [-0.2, 0) is 75.8 Å². The summed E-state index contributed by atoms with van der Waals surface area (Å²) in [4.78, 5) is 0. The highest BCUT2D eigenvalue weighted by Crippen LogP contribution is 2.36. The minimum absolute atomic E-state index is 0.0250. The Morgan fingerprint density at radius 2 is 0.792 bits per heavy atom. The lowest BCUT2D eigenvalue weighted by atomic mass is 9.97. The summed E-state index contributed by atoms with van der Waals surface area (Å²) in [7, 11) is 13.9. The maximum absolute atomic E-state index is 11.1. The third-order valence-electron chi connectivity index (χ3n) is 9.62. The van der Waals surface area contributed by atoms with Gasteiger partial charge in [0.1, 0.15) is 73.2 Å². The van der Waals surface area contributed by atoms with Crippen LogP contribution in [-0.4, -0.2) is 193 Å². The van der Waals surface area contributed by atoms with Crippen LogP contribution in [0.4, 0.5) is 0 Å². The lowest BCUT2D eigenvalue weighted by Gasteiger charge is -2.50. The second kappa shape index (κ2) is 18.7. The van der Waals surface area contributed by atoms with Gasteiger partial charge >= 0.3 is 0 Å². The highest BCUT2D eigenvalue weighted by atomic mass is 16.8. The van der Waals surface area contributed by atoms with Crippen molar-refractivity contribution in [2.75, 3.05) is 77.2 Å². The Balaban J connectivity index is 1.54. The topological polar surface area (TPSA) is 168 Å². The van der Waals surface area contributed by atoms with Crippen LogP contribution >= 0.6 is 0 Å². The van der Waals surface area contributed by atoms with Crippen molar-refractivity contribution in [3.05, 3.63) is 0 Å². The van der Waals surface area contributed by atoms with Crippen LogP contribution in [0.2, 0.25) is 0 Å². The molecule has 0 bridgehead atoms. The monoisotopic (exact) mass is 700 g/mol. The number of hydrogen-bond donors (Lipinski definition) is 1. The van der Waals surface area contributed by atoms with E-state index in [1.807, 2.05) is 13.8 Å². The molecule has 282 valence electrons. The lowest BCUT2D eigenvalue weighted by molar-refractivity contribution is -0.388. The Labute approximate surface area is 282 Å². The summed E-state index contributed by atoms with van der Waals surface area (Å²) in [6.45, 7) is 3.92. The molecule has 0 aromatic carbocycles. The van der Waals surface area contributed by atoms with Gasteiger partial charge in [0.25, 0.3) is 0 Å². The van der Waals surface area contributed by atoms with Crippen molar-refractivity contribution < 1.29 is 80.9 Å². The summed E-state index contributed by atoms with van der Waals surface area (Å²) < 4.78 is 95.2. The number of aliphatic hydroxyl groups excluding tert-OH is 1. The van der Waals surface area contributed by atoms with Crippen molar-refractivity contribution >= 4 is 0 Å². The summed E-state index contributed by atoms with van der Waals surface area (Å²) in [5.74, 6) is 0. The minimum Gasteiger partial charge on any atom is -0.376 e. The van der Waals surface area contributed by atoms with Crippen molar-refractivity contribution in [1.29, 1.82) is 0 Å². The molecule has 0 aliphatic carbocycles. The van der Waals surface area contributed by atoms with Crippen LogP contribution in [0.3, 0.4) is 0 Å². The van der Waals surface area contributed by atoms with Crippen LogP contribution in [0.5, 0.6) is 0 Å². The molecule has 0 amide bonds. The van der Waals surface area contributed by atoms with Crippen LogP contribution < -0.4 is 0 Å². The molecule has 4 aliphatic heterocycles. The first kappa shape index (κ1) is 40.1. The maximum atomic E-state index is 11.1. The van der Waals surface area contributed by atoms with Crippen LogP contribution in [0.15, 0.2) is 0 Å². The molecule has 0 saturated carbocycles. The average molecular weight is 701 g/mol. The summed E-state index contributed by atoms with van der Waals surface area (Å²) in [5.41, 5.74) is 0. The summed E-state index contributed by atoms with van der Waals surface area (Å²) >= 11 is 0. The fourth-order valence-corrected chi connectivity index (χ4v) is 7.04. The molecule has 4 saturated heterocycles. The number of hydrogen-bond acceptors (Lipinski definition) is 17. The summed E-state index contributed by atoms with van der Waals surface area (Å²) in [6, 6.07) is 0. The molecule has 4 fully saturated rings. The van der Waals surface area contributed by atoms with E-state index < -0.39 is 105 Å². The van der Waals surface area contributed by atoms with Gasteiger partial charge in [-0.15, -0.1) is 0 Å². The van der Waals surface area contributed by atoms with E-state index in [9.17, 15) is 5.11 Å². The van der Waals surface area contributed by atoms with Gasteiger partial charge in [-0.3, -0.25) is 0 Å². The van der Waals surface area contributed by atoms with Gasteiger partial charge in [-0.2, -0.15) is 0 Å². The Morgan fingerprint density at radius 1 is 0.396 bits per heavy atom. The minimum atomic E-state index is -1.42. The first-order valence-corrected chi connectivity index (χ1v) is 16.1. The van der Waals surface area contributed by atoms with Crippen LogP contribution in [0.25, 0.3) is 0 Å². The fourth-order valence-electron chi connectivity index (χ4n) is 7.04. The van der Waals surface area contributed by atoms with E-state index in [1.54, 1.807) is 35.5 Å². The van der Waals surface area contributed by atoms with Crippen molar-refractivity contribution in [1.82, 2.24) is 0 Å². The maximum Gasteiger partial charge on any atom is 0.187 e. The average Bonchev–Trinajstić information content (AvgIpc) is 3.09. The Bertz CT molecular complexity index is 933. The highest BCUT2D eigenvalue weighted by molar-refractivity contribution is 4.97. The fraction of sp³-hybridized carbons (Fsp3) is 1.00. The molecule has 0 spiro atoms. The normalized spacial score (nSPS) is 47.2. The molecule has 0 unspecified atom stereocenters. The molecule has 4 rings (SSSR count). The van der Waals surface area contributed by atoms with Crippen LogP contribution in [0, 0.1) is 0 Å². The van der Waals surface area contributed by atoms with E-state index in [0.717, 1.165) is 0 Å². The second-order valence-electron chi connectivity index (χ2n) is 12.1. The van der Waals surface area contributed by atoms with E-state index in [-0.39, 0.29) is 19.3 Å². The van der Waals surface area contributed by atoms with Gasteiger partial charge in [0.15, 0.2) is 25.2 Å². The van der Waals surface area contributed by atoms with Crippen molar-refractivity contribution in [3.8, 4) is 0 Å². The smallest absolute Gasteiger partial charge is 0.187 e. The molecule has 17 heteroatoms. The highest BCUT2D eigenvalue weighted by Gasteiger charge is 2.54. The summed E-state index contributed by atoms with van der Waals surface area (Å²) in [6.07, 6.45) is -13.2. The molecule has 18 atom stereocenters. The van der Waals surface area contributed by atoms with E-state index >= 15 is 0 Å². The van der Waals surface area contributed by atoms with Gasteiger partial charge in [-0.25, -0.2) is 0 Å². The van der Waals surface area contributed by atoms with Gasteiger partial charge in [0.05, 0.1) is 25.4 Å². The van der Waals surface area contributed by atoms with Gasteiger partial charge in [-0.1, -0.05) is 0 Å². The number of methoxy groups -OCH3 is 9. The van der Waals surface area contributed by atoms with Gasteiger partial charge in [0, 0.05) is 64.0 Å². The number of ether oxygens (including phenoxy) is 16. The molecule has 0 aromatic heterocycles. The molecule has 48 heavy (non-hydrogen) atoms. The summed E-state index contributed by atoms with van der Waals surface area (Å²) in [5, 5.41) is 11.1. The number of rotatable bonds is 15. The SMILES string of the molecule is CO[C@@H]1[C@@H](OC)[C@H](C)O[C@@H](O[C@@H]2[C@@H](O[C@@H]3O[C@@H](C)[C@H](O[C@@H]4OC[C@@H](OC)[C@H](OC)[C@H]4OC)[C@@H](OC)[C@H]3OC)[C@H](O)OC[C@H]2OC)[C@@H]1OC. The molecular weight excluding hydrogens is 644 g/mol. The molecule has 1 N–H and O–H groups in total. The molecular formula is C31H56O17. The van der Waals surface area contributed by atoms with E-state index in [4.69, 9.17) is 75.8 Å². The van der Waals surface area contributed by atoms with E-state index in [2.05, 4.69) is 0 Å². The lowest BCUT2D eigenvalue weighted by Crippen LogP contribution is -2.66. The third-order valence-corrected chi connectivity index (χ3v) is 9.62. The van der Waals surface area contributed by atoms with E-state index in [0.29, 0.717) is 0 Å². The third kappa shape index (κ3) is 8.34. The number of aliphatic hydroxyl groups is 1. The van der Waals surface area contributed by atoms with Gasteiger partial charge in [0.2, 0.25) is 0 Å². The van der Waals surface area contributed by atoms with Gasteiger partial charge < -0.3 is 80.9 Å². The second-order valence-corrected chi connectivity index (χ2v) is 12.1. The van der Waals surface area contributed by atoms with Crippen molar-refractivity contribution in [2.45, 2.75) is 124 Å².